The number of hydrogen-bond acceptors (Lipinski definition) is 3. The molecule has 3 N–H and O–H groups in total. The van der Waals surface area contributed by atoms with Crippen LogP contribution in [0.2, 0.25) is 0 Å². The smallest absolute Gasteiger partial charge is 0.244 e. The highest BCUT2D eigenvalue weighted by atomic mass is 79.9. The molecule has 0 fully saturated rings. The normalized spacial score (nSPS) is 14.9. The van der Waals surface area contributed by atoms with Crippen LogP contribution in [-0.2, 0) is 16.8 Å². The van der Waals surface area contributed by atoms with Crippen LogP contribution >= 0.6 is 15.9 Å². The molecule has 4 nitrogen and oxygen atoms in total. The number of halogens is 1. The summed E-state index contributed by atoms with van der Waals surface area (Å²) in [5.74, 6) is -0.184. The molecule has 2 atom stereocenters. The number of carbonyl (C=O) groups excluding carboxylic acids is 1. The summed E-state index contributed by atoms with van der Waals surface area (Å²) in [6.07, 6.45) is 4.24. The minimum Gasteiger partial charge on any atom is -0.351 e. The summed E-state index contributed by atoms with van der Waals surface area (Å²) in [6.45, 7) is 3.70. The predicted octanol–water partition coefficient (Wildman–Crippen LogP) is 2.77. The van der Waals surface area contributed by atoms with E-state index in [2.05, 4.69) is 26.2 Å². The minimum absolute atomic E-state index is 0.00627. The van der Waals surface area contributed by atoms with Crippen molar-refractivity contribution >= 4 is 21.8 Å². The van der Waals surface area contributed by atoms with Gasteiger partial charge < -0.3 is 11.1 Å². The molecule has 0 saturated heterocycles. The number of aromatic nitrogens is 1. The summed E-state index contributed by atoms with van der Waals surface area (Å²) in [5.41, 5.74) is 7.09. The third-order valence-corrected chi connectivity index (χ3v) is 4.11. The Morgan fingerprint density at radius 1 is 1.27 bits per heavy atom. The Balaban J connectivity index is 2.02. The maximum atomic E-state index is 12.5. The van der Waals surface area contributed by atoms with Gasteiger partial charge in [0, 0.05) is 22.9 Å². The Kier molecular flexibility index (Phi) is 5.32. The van der Waals surface area contributed by atoms with Gasteiger partial charge in [0.15, 0.2) is 0 Å². The third-order valence-electron chi connectivity index (χ3n) is 3.58. The Bertz CT molecular complexity index is 626. The monoisotopic (exact) mass is 361 g/mol. The number of nitrogens with two attached hydrogens (primary N) is 1. The van der Waals surface area contributed by atoms with Crippen molar-refractivity contribution < 1.29 is 4.79 Å². The average molecular weight is 362 g/mol. The number of nitrogens with one attached hydrogen (secondary N) is 1. The lowest BCUT2D eigenvalue weighted by molar-refractivity contribution is -0.126. The van der Waals surface area contributed by atoms with E-state index < -0.39 is 5.54 Å². The van der Waals surface area contributed by atoms with E-state index in [9.17, 15) is 4.79 Å². The minimum atomic E-state index is -1.06. The van der Waals surface area contributed by atoms with Gasteiger partial charge in [-0.1, -0.05) is 28.1 Å². The first-order valence-corrected chi connectivity index (χ1v) is 7.93. The first kappa shape index (κ1) is 16.6. The molecule has 0 aliphatic heterocycles. The van der Waals surface area contributed by atoms with Crippen LogP contribution in [0.25, 0.3) is 0 Å². The summed E-state index contributed by atoms with van der Waals surface area (Å²) in [6, 6.07) is 11.4. The predicted molar refractivity (Wildman–Crippen MR) is 91.2 cm³/mol. The number of amides is 1. The van der Waals surface area contributed by atoms with Crippen molar-refractivity contribution in [2.24, 2.45) is 5.73 Å². The summed E-state index contributed by atoms with van der Waals surface area (Å²) >= 11 is 3.38. The van der Waals surface area contributed by atoms with E-state index in [-0.39, 0.29) is 11.9 Å². The van der Waals surface area contributed by atoms with Crippen molar-refractivity contribution in [1.29, 1.82) is 0 Å². The van der Waals surface area contributed by atoms with Gasteiger partial charge in [-0.3, -0.25) is 9.78 Å². The van der Waals surface area contributed by atoms with E-state index >= 15 is 0 Å². The van der Waals surface area contributed by atoms with Gasteiger partial charge in [-0.05, 0) is 55.7 Å². The number of nitrogens with zero attached hydrogens (tertiary/aromatic N) is 1. The number of rotatable bonds is 5. The summed E-state index contributed by atoms with van der Waals surface area (Å²) in [4.78, 5) is 16.5. The van der Waals surface area contributed by atoms with Gasteiger partial charge in [0.1, 0.15) is 5.54 Å². The van der Waals surface area contributed by atoms with Crippen LogP contribution in [0.15, 0.2) is 53.3 Å². The summed E-state index contributed by atoms with van der Waals surface area (Å²) in [7, 11) is 0. The molecule has 1 aromatic heterocycles. The molecule has 0 spiro atoms. The lowest BCUT2D eigenvalue weighted by Crippen LogP contribution is -2.51. The fourth-order valence-electron chi connectivity index (χ4n) is 2.22. The molecule has 0 bridgehead atoms. The highest BCUT2D eigenvalue weighted by Gasteiger charge is 2.31. The first-order chi connectivity index (χ1) is 10.4. The van der Waals surface area contributed by atoms with E-state index in [0.29, 0.717) is 0 Å². The van der Waals surface area contributed by atoms with Gasteiger partial charge >= 0.3 is 0 Å². The molecule has 5 heteroatoms. The quantitative estimate of drug-likeness (QED) is 0.860. The van der Waals surface area contributed by atoms with E-state index in [4.69, 9.17) is 5.73 Å². The van der Waals surface area contributed by atoms with Crippen LogP contribution in [0.3, 0.4) is 0 Å². The second-order valence-electron chi connectivity index (χ2n) is 5.64. The molecule has 2 aromatic rings. The zero-order chi connectivity index (χ0) is 16.2. The second kappa shape index (κ2) is 7.03. The standard InChI is InChI=1S/C17H20BrN3O/c1-12(11-13-7-9-20-10-8-13)21-16(22)17(2,19)14-3-5-15(18)6-4-14/h3-10,12H,11,19H2,1-2H3,(H,21,22). The molecule has 1 amide bonds. The Morgan fingerprint density at radius 2 is 1.86 bits per heavy atom. The van der Waals surface area contributed by atoms with Gasteiger partial charge in [-0.2, -0.15) is 0 Å². The van der Waals surface area contributed by atoms with E-state index in [1.165, 1.54) is 0 Å². The maximum Gasteiger partial charge on any atom is 0.244 e. The van der Waals surface area contributed by atoms with E-state index in [1.54, 1.807) is 19.3 Å². The largest absolute Gasteiger partial charge is 0.351 e. The fourth-order valence-corrected chi connectivity index (χ4v) is 2.49. The first-order valence-electron chi connectivity index (χ1n) is 7.14. The molecule has 116 valence electrons. The van der Waals surface area contributed by atoms with E-state index in [0.717, 1.165) is 22.0 Å². The van der Waals surface area contributed by atoms with Gasteiger partial charge in [-0.25, -0.2) is 0 Å². The third kappa shape index (κ3) is 4.15. The molecule has 22 heavy (non-hydrogen) atoms. The topological polar surface area (TPSA) is 68.0 Å². The highest BCUT2D eigenvalue weighted by molar-refractivity contribution is 9.10. The lowest BCUT2D eigenvalue weighted by atomic mass is 9.92. The number of hydrogen-bond donors (Lipinski definition) is 2. The fraction of sp³-hybridized carbons (Fsp3) is 0.294. The lowest BCUT2D eigenvalue weighted by Gasteiger charge is -2.26. The molecule has 2 rings (SSSR count). The number of pyridine rings is 1. The zero-order valence-electron chi connectivity index (χ0n) is 12.7. The van der Waals surface area contributed by atoms with Crippen LogP contribution in [0.4, 0.5) is 0 Å². The van der Waals surface area contributed by atoms with Crippen molar-refractivity contribution in [3.8, 4) is 0 Å². The SMILES string of the molecule is CC(Cc1ccncc1)NC(=O)C(C)(N)c1ccc(Br)cc1. The second-order valence-corrected chi connectivity index (χ2v) is 6.56. The summed E-state index contributed by atoms with van der Waals surface area (Å²) < 4.78 is 0.957. The Morgan fingerprint density at radius 3 is 2.45 bits per heavy atom. The number of benzene rings is 1. The molecule has 0 aliphatic rings. The maximum absolute atomic E-state index is 12.5. The molecule has 1 heterocycles. The van der Waals surface area contributed by atoms with Crippen molar-refractivity contribution in [2.75, 3.05) is 0 Å². The van der Waals surface area contributed by atoms with Crippen LogP contribution in [-0.4, -0.2) is 16.9 Å². The molecule has 1 aromatic carbocycles. The van der Waals surface area contributed by atoms with E-state index in [1.807, 2.05) is 43.3 Å². The summed E-state index contributed by atoms with van der Waals surface area (Å²) in [5, 5.41) is 2.99. The molecular formula is C17H20BrN3O. The molecule has 2 unspecified atom stereocenters. The van der Waals surface area contributed by atoms with Crippen LogP contribution < -0.4 is 11.1 Å². The van der Waals surface area contributed by atoms with Gasteiger partial charge in [0.25, 0.3) is 0 Å². The van der Waals surface area contributed by atoms with Crippen molar-refractivity contribution in [1.82, 2.24) is 10.3 Å². The molecule has 0 radical (unpaired) electrons. The zero-order valence-corrected chi connectivity index (χ0v) is 14.3. The van der Waals surface area contributed by atoms with Crippen LogP contribution in [0.1, 0.15) is 25.0 Å². The number of carbonyl (C=O) groups is 1. The van der Waals surface area contributed by atoms with Crippen LogP contribution in [0.5, 0.6) is 0 Å². The van der Waals surface area contributed by atoms with Crippen LogP contribution in [0, 0.1) is 0 Å². The molecular weight excluding hydrogens is 342 g/mol. The molecule has 0 aliphatic carbocycles. The Hall–Kier alpha value is -1.72. The average Bonchev–Trinajstić information content (AvgIpc) is 2.48. The van der Waals surface area contributed by atoms with Gasteiger partial charge in [-0.15, -0.1) is 0 Å². The highest BCUT2D eigenvalue weighted by Crippen LogP contribution is 2.21. The van der Waals surface area contributed by atoms with Crippen molar-refractivity contribution in [3.63, 3.8) is 0 Å². The van der Waals surface area contributed by atoms with Crippen molar-refractivity contribution in [2.45, 2.75) is 31.8 Å². The molecule has 0 saturated carbocycles. The van der Waals surface area contributed by atoms with Gasteiger partial charge in [0.2, 0.25) is 5.91 Å². The Labute approximate surface area is 139 Å². The van der Waals surface area contributed by atoms with Gasteiger partial charge in [0.05, 0.1) is 0 Å². The van der Waals surface area contributed by atoms with Crippen molar-refractivity contribution in [3.05, 3.63) is 64.4 Å².